The van der Waals surface area contributed by atoms with Crippen LogP contribution in [0.3, 0.4) is 0 Å². The van der Waals surface area contributed by atoms with E-state index >= 15 is 0 Å². The second-order valence-electron chi connectivity index (χ2n) is 10.3. The number of rotatable bonds is 15. The van der Waals surface area contributed by atoms with Crippen molar-refractivity contribution in [2.24, 2.45) is 0 Å². The van der Waals surface area contributed by atoms with Crippen LogP contribution in [0.15, 0.2) is 97.1 Å². The summed E-state index contributed by atoms with van der Waals surface area (Å²) in [5, 5.41) is 9.68. The molecule has 1 N–H and O–H groups in total. The van der Waals surface area contributed by atoms with Gasteiger partial charge in [0.25, 0.3) is 0 Å². The Morgan fingerprint density at radius 1 is 0.881 bits per heavy atom. The zero-order chi connectivity index (χ0) is 29.9. The number of hydrogen-bond acceptors (Lipinski definition) is 5. The van der Waals surface area contributed by atoms with Gasteiger partial charge < -0.3 is 19.3 Å². The van der Waals surface area contributed by atoms with E-state index < -0.39 is 5.97 Å². The molecule has 4 rings (SSSR count). The zero-order valence-electron chi connectivity index (χ0n) is 24.3. The van der Waals surface area contributed by atoms with Crippen molar-refractivity contribution >= 4 is 17.6 Å². The second-order valence-corrected chi connectivity index (χ2v) is 10.7. The Bertz CT molecular complexity index is 1390. The van der Waals surface area contributed by atoms with E-state index in [9.17, 15) is 4.79 Å². The lowest BCUT2D eigenvalue weighted by Crippen LogP contribution is -2.37. The van der Waals surface area contributed by atoms with Crippen LogP contribution in [0.25, 0.3) is 0 Å². The summed E-state index contributed by atoms with van der Waals surface area (Å²) in [6, 6.07) is 32.4. The summed E-state index contributed by atoms with van der Waals surface area (Å²) < 4.78 is 17.1. The molecule has 4 aromatic carbocycles. The van der Waals surface area contributed by atoms with Crippen molar-refractivity contribution in [1.82, 2.24) is 4.90 Å². The summed E-state index contributed by atoms with van der Waals surface area (Å²) in [4.78, 5) is 13.6. The summed E-state index contributed by atoms with van der Waals surface area (Å²) in [5.41, 5.74) is 4.14. The van der Waals surface area contributed by atoms with Gasteiger partial charge in [-0.1, -0.05) is 90.5 Å². The predicted octanol–water partition coefficient (Wildman–Crippen LogP) is 7.48. The van der Waals surface area contributed by atoms with Gasteiger partial charge >= 0.3 is 5.97 Å². The van der Waals surface area contributed by atoms with Crippen molar-refractivity contribution in [1.29, 1.82) is 0 Å². The molecule has 0 amide bonds. The summed E-state index contributed by atoms with van der Waals surface area (Å²) in [7, 11) is 3.20. The molecule has 220 valence electrons. The van der Waals surface area contributed by atoms with Crippen LogP contribution >= 0.6 is 11.6 Å². The molecule has 0 radical (unpaired) electrons. The molecule has 0 unspecified atom stereocenters. The van der Waals surface area contributed by atoms with Gasteiger partial charge in [0.15, 0.2) is 11.5 Å². The lowest BCUT2D eigenvalue weighted by Gasteiger charge is -2.33. The second kappa shape index (κ2) is 15.3. The zero-order valence-corrected chi connectivity index (χ0v) is 25.1. The predicted molar refractivity (Wildman–Crippen MR) is 167 cm³/mol. The highest BCUT2D eigenvalue weighted by atomic mass is 35.5. The van der Waals surface area contributed by atoms with Crippen molar-refractivity contribution in [3.05, 3.63) is 124 Å². The van der Waals surface area contributed by atoms with Gasteiger partial charge in [0.2, 0.25) is 0 Å². The highest BCUT2D eigenvalue weighted by molar-refractivity contribution is 6.33. The molecule has 4 aromatic rings. The Balaban J connectivity index is 1.59. The van der Waals surface area contributed by atoms with Crippen molar-refractivity contribution < 1.29 is 24.1 Å². The standard InChI is InChI=1S/C35H38ClNO5/c1-25(19-20-42-30-16-10-11-26(21-30)22-33(38)39)37(23-29-17-18-32(40-2)35(41-3)34(29)36)24-31(27-12-6-4-7-13-27)28-14-8-5-9-15-28/h4-18,21,25,31H,19-20,22-24H2,1-3H3,(H,38,39)/t25-/m1/s1. The van der Waals surface area contributed by atoms with E-state index in [1.165, 1.54) is 11.1 Å². The van der Waals surface area contributed by atoms with Gasteiger partial charge in [-0.15, -0.1) is 0 Å². The van der Waals surface area contributed by atoms with Gasteiger partial charge in [-0.05, 0) is 53.8 Å². The normalized spacial score (nSPS) is 11.9. The number of carboxylic acid groups (broad SMARTS) is 1. The van der Waals surface area contributed by atoms with Crippen LogP contribution in [0.2, 0.25) is 5.02 Å². The average Bonchev–Trinajstić information content (AvgIpc) is 3.00. The van der Waals surface area contributed by atoms with Crippen LogP contribution in [0.4, 0.5) is 0 Å². The van der Waals surface area contributed by atoms with Gasteiger partial charge in [-0.3, -0.25) is 9.69 Å². The number of hydrogen-bond donors (Lipinski definition) is 1. The average molecular weight is 588 g/mol. The van der Waals surface area contributed by atoms with Crippen molar-refractivity contribution in [3.8, 4) is 17.2 Å². The third-order valence-electron chi connectivity index (χ3n) is 7.44. The van der Waals surface area contributed by atoms with Gasteiger partial charge in [-0.2, -0.15) is 0 Å². The molecule has 7 heteroatoms. The summed E-state index contributed by atoms with van der Waals surface area (Å²) in [6.07, 6.45) is 0.720. The van der Waals surface area contributed by atoms with Crippen LogP contribution in [0.5, 0.6) is 17.2 Å². The molecule has 0 aliphatic carbocycles. The van der Waals surface area contributed by atoms with Crippen molar-refractivity contribution in [3.63, 3.8) is 0 Å². The molecular formula is C35H38ClNO5. The Hall–Kier alpha value is -4.00. The molecule has 0 fully saturated rings. The highest BCUT2D eigenvalue weighted by Crippen LogP contribution is 2.38. The van der Waals surface area contributed by atoms with E-state index in [0.29, 0.717) is 41.0 Å². The number of carbonyl (C=O) groups is 1. The first kappa shape index (κ1) is 30.9. The minimum absolute atomic E-state index is 0.0339. The molecule has 42 heavy (non-hydrogen) atoms. The van der Waals surface area contributed by atoms with Crippen molar-refractivity contribution in [2.75, 3.05) is 27.4 Å². The topological polar surface area (TPSA) is 68.2 Å². The molecule has 0 spiro atoms. The first-order chi connectivity index (χ1) is 20.4. The monoisotopic (exact) mass is 587 g/mol. The minimum Gasteiger partial charge on any atom is -0.494 e. The number of nitrogens with zero attached hydrogens (tertiary/aromatic N) is 1. The van der Waals surface area contributed by atoms with E-state index in [0.717, 1.165) is 18.5 Å². The Labute approximate surface area is 253 Å². The third-order valence-corrected chi connectivity index (χ3v) is 7.86. The summed E-state index contributed by atoms with van der Waals surface area (Å²) >= 11 is 6.85. The van der Waals surface area contributed by atoms with E-state index in [2.05, 4.69) is 60.4 Å². The maximum Gasteiger partial charge on any atom is 0.307 e. The molecule has 0 saturated heterocycles. The fourth-order valence-corrected chi connectivity index (χ4v) is 5.42. The van der Waals surface area contributed by atoms with Crippen LogP contribution in [0, 0.1) is 0 Å². The van der Waals surface area contributed by atoms with Crippen LogP contribution in [-0.4, -0.2) is 49.4 Å². The molecule has 0 aliphatic heterocycles. The number of carboxylic acids is 1. The molecule has 0 saturated carbocycles. The maximum absolute atomic E-state index is 11.1. The first-order valence-electron chi connectivity index (χ1n) is 14.1. The van der Waals surface area contributed by atoms with Gasteiger partial charge in [-0.25, -0.2) is 0 Å². The highest BCUT2D eigenvalue weighted by Gasteiger charge is 2.24. The molecule has 6 nitrogen and oxygen atoms in total. The quantitative estimate of drug-likeness (QED) is 0.156. The molecule has 0 aliphatic rings. The molecular weight excluding hydrogens is 550 g/mol. The van der Waals surface area contributed by atoms with E-state index in [4.69, 9.17) is 30.9 Å². The Morgan fingerprint density at radius 2 is 1.55 bits per heavy atom. The smallest absolute Gasteiger partial charge is 0.307 e. The largest absolute Gasteiger partial charge is 0.494 e. The van der Waals surface area contributed by atoms with Crippen LogP contribution in [-0.2, 0) is 17.8 Å². The van der Waals surface area contributed by atoms with Gasteiger partial charge in [0, 0.05) is 25.0 Å². The maximum atomic E-state index is 11.1. The lowest BCUT2D eigenvalue weighted by molar-refractivity contribution is -0.136. The molecule has 0 bridgehead atoms. The molecule has 1 atom stereocenters. The van der Waals surface area contributed by atoms with E-state index in [1.54, 1.807) is 26.4 Å². The SMILES string of the molecule is COc1ccc(CN(CC(c2ccccc2)c2ccccc2)[C@H](C)CCOc2cccc(CC(=O)O)c2)c(Cl)c1OC. The number of benzene rings is 4. The van der Waals surface area contributed by atoms with Gasteiger partial charge in [0.05, 0.1) is 32.3 Å². The lowest BCUT2D eigenvalue weighted by atomic mass is 9.90. The Morgan fingerprint density at radius 3 is 2.14 bits per heavy atom. The molecule has 0 heterocycles. The van der Waals surface area contributed by atoms with Crippen LogP contribution in [0.1, 0.15) is 41.5 Å². The summed E-state index contributed by atoms with van der Waals surface area (Å²) in [6.45, 7) is 4.04. The van der Waals surface area contributed by atoms with E-state index in [1.807, 2.05) is 36.4 Å². The minimum atomic E-state index is -0.864. The number of methoxy groups -OCH3 is 2. The first-order valence-corrected chi connectivity index (χ1v) is 14.4. The van der Waals surface area contributed by atoms with E-state index in [-0.39, 0.29) is 18.4 Å². The number of halogens is 1. The summed E-state index contributed by atoms with van der Waals surface area (Å²) in [5.74, 6) is 1.06. The van der Waals surface area contributed by atoms with Crippen molar-refractivity contribution in [2.45, 2.75) is 38.3 Å². The fourth-order valence-electron chi connectivity index (χ4n) is 5.13. The Kier molecular flexibility index (Phi) is 11.3. The van der Waals surface area contributed by atoms with Crippen LogP contribution < -0.4 is 14.2 Å². The third kappa shape index (κ3) is 8.28. The van der Waals surface area contributed by atoms with Gasteiger partial charge in [0.1, 0.15) is 5.75 Å². The molecule has 0 aromatic heterocycles. The fraction of sp³-hybridized carbons (Fsp3) is 0.286. The number of ether oxygens (including phenoxy) is 3. The number of aliphatic carboxylic acids is 1.